The third kappa shape index (κ3) is 2.21. The summed E-state index contributed by atoms with van der Waals surface area (Å²) in [7, 11) is 1.80. The van der Waals surface area contributed by atoms with Crippen molar-refractivity contribution in [3.63, 3.8) is 0 Å². The van der Waals surface area contributed by atoms with Crippen LogP contribution in [0.3, 0.4) is 0 Å². The van der Waals surface area contributed by atoms with Crippen LogP contribution in [0.5, 0.6) is 0 Å². The molecule has 0 fully saturated rings. The van der Waals surface area contributed by atoms with Gasteiger partial charge in [0.2, 0.25) is 0 Å². The highest BCUT2D eigenvalue weighted by atomic mass is 16.5. The lowest BCUT2D eigenvalue weighted by molar-refractivity contribution is -0.00702. The standard InChI is InChI=1S/C16H21N5O3/c1-8-6-11-13(9(2)24-8)17-18-14(11)16(23)21-5-4-10-12(7-21)20(3)19-15(10)22/h8-9H,4-7H2,1-3H3,(H,17,18)(H,19,22)/t8-,9+/m1/s1. The minimum Gasteiger partial charge on any atom is -0.369 e. The summed E-state index contributed by atoms with van der Waals surface area (Å²) in [6.07, 6.45) is 1.23. The maximum Gasteiger partial charge on any atom is 0.275 e. The monoisotopic (exact) mass is 331 g/mol. The van der Waals surface area contributed by atoms with Gasteiger partial charge in [0.05, 0.1) is 30.1 Å². The highest BCUT2D eigenvalue weighted by Gasteiger charge is 2.33. The second-order valence-electron chi connectivity index (χ2n) is 6.66. The van der Waals surface area contributed by atoms with Gasteiger partial charge < -0.3 is 9.64 Å². The highest BCUT2D eigenvalue weighted by molar-refractivity contribution is 5.94. The van der Waals surface area contributed by atoms with Crippen molar-refractivity contribution in [1.82, 2.24) is 24.9 Å². The third-order valence-corrected chi connectivity index (χ3v) is 4.99. The number of rotatable bonds is 1. The van der Waals surface area contributed by atoms with Crippen LogP contribution >= 0.6 is 0 Å². The van der Waals surface area contributed by atoms with Gasteiger partial charge in [0.25, 0.3) is 11.5 Å². The molecule has 2 aromatic heterocycles. The van der Waals surface area contributed by atoms with Crippen LogP contribution in [0.2, 0.25) is 0 Å². The van der Waals surface area contributed by atoms with Crippen LogP contribution in [0.1, 0.15) is 53.0 Å². The van der Waals surface area contributed by atoms with E-state index in [4.69, 9.17) is 4.74 Å². The first-order chi connectivity index (χ1) is 11.5. The van der Waals surface area contributed by atoms with Gasteiger partial charge in [0, 0.05) is 31.1 Å². The fourth-order valence-corrected chi connectivity index (χ4v) is 3.76. The van der Waals surface area contributed by atoms with Crippen molar-refractivity contribution in [1.29, 1.82) is 0 Å². The van der Waals surface area contributed by atoms with Crippen LogP contribution < -0.4 is 5.56 Å². The van der Waals surface area contributed by atoms with Crippen LogP contribution in [0.15, 0.2) is 4.79 Å². The van der Waals surface area contributed by atoms with Crippen LogP contribution in [0.4, 0.5) is 0 Å². The summed E-state index contributed by atoms with van der Waals surface area (Å²) in [5.74, 6) is -0.0897. The van der Waals surface area contributed by atoms with E-state index >= 15 is 0 Å². The summed E-state index contributed by atoms with van der Waals surface area (Å²) < 4.78 is 7.48. The summed E-state index contributed by atoms with van der Waals surface area (Å²) in [6.45, 7) is 4.92. The molecule has 0 bridgehead atoms. The average molecular weight is 331 g/mol. The lowest BCUT2D eigenvalue weighted by atomic mass is 9.99. The zero-order valence-electron chi connectivity index (χ0n) is 14.0. The molecular weight excluding hydrogens is 310 g/mol. The van der Waals surface area contributed by atoms with Gasteiger partial charge >= 0.3 is 0 Å². The number of nitrogens with zero attached hydrogens (tertiary/aromatic N) is 3. The molecule has 0 saturated heterocycles. The Morgan fingerprint density at radius 1 is 1.33 bits per heavy atom. The van der Waals surface area contributed by atoms with Crippen molar-refractivity contribution in [3.8, 4) is 0 Å². The molecule has 8 nitrogen and oxygen atoms in total. The topological polar surface area (TPSA) is 96.0 Å². The normalized spacial score (nSPS) is 23.0. The summed E-state index contributed by atoms with van der Waals surface area (Å²) in [6, 6.07) is 0. The lowest BCUT2D eigenvalue weighted by Crippen LogP contribution is -2.38. The van der Waals surface area contributed by atoms with E-state index in [1.54, 1.807) is 16.6 Å². The van der Waals surface area contributed by atoms with Gasteiger partial charge in [-0.3, -0.25) is 24.5 Å². The number of aromatic amines is 2. The first kappa shape index (κ1) is 15.2. The molecule has 0 aliphatic carbocycles. The zero-order chi connectivity index (χ0) is 17.0. The van der Waals surface area contributed by atoms with Gasteiger partial charge in [-0.15, -0.1) is 0 Å². The molecule has 2 aliphatic heterocycles. The van der Waals surface area contributed by atoms with Crippen LogP contribution in [0.25, 0.3) is 0 Å². The quantitative estimate of drug-likeness (QED) is 0.802. The number of hydrogen-bond donors (Lipinski definition) is 2. The molecule has 1 amide bonds. The van der Waals surface area contributed by atoms with Crippen molar-refractivity contribution in [2.75, 3.05) is 6.54 Å². The largest absolute Gasteiger partial charge is 0.369 e. The third-order valence-electron chi connectivity index (χ3n) is 4.99. The van der Waals surface area contributed by atoms with Gasteiger partial charge in [0.15, 0.2) is 5.69 Å². The van der Waals surface area contributed by atoms with E-state index in [1.807, 2.05) is 13.8 Å². The van der Waals surface area contributed by atoms with Gasteiger partial charge in [-0.2, -0.15) is 5.10 Å². The van der Waals surface area contributed by atoms with Crippen molar-refractivity contribution < 1.29 is 9.53 Å². The van der Waals surface area contributed by atoms with Gasteiger partial charge in [0.1, 0.15) is 0 Å². The van der Waals surface area contributed by atoms with Crippen molar-refractivity contribution in [2.24, 2.45) is 7.05 Å². The molecule has 0 radical (unpaired) electrons. The van der Waals surface area contributed by atoms with Crippen LogP contribution in [0, 0.1) is 0 Å². The molecule has 128 valence electrons. The Bertz CT molecular complexity index is 862. The van der Waals surface area contributed by atoms with Crippen LogP contribution in [-0.4, -0.2) is 43.4 Å². The number of fused-ring (bicyclic) bond motifs is 2. The second-order valence-corrected chi connectivity index (χ2v) is 6.66. The SMILES string of the molecule is C[C@@H]1Cc2c(C(=O)N3CCc4c(n(C)[nH]c4=O)C3)n[nH]c2[C@H](C)O1. The molecule has 2 aliphatic rings. The number of H-pyrrole nitrogens is 2. The first-order valence-electron chi connectivity index (χ1n) is 8.24. The van der Waals surface area contributed by atoms with Gasteiger partial charge in [-0.25, -0.2) is 0 Å². The number of nitrogens with one attached hydrogen (secondary N) is 2. The Morgan fingerprint density at radius 3 is 2.92 bits per heavy atom. The molecule has 0 aromatic carbocycles. The number of aryl methyl sites for hydroxylation is 1. The van der Waals surface area contributed by atoms with E-state index in [2.05, 4.69) is 15.3 Å². The van der Waals surface area contributed by atoms with E-state index in [0.29, 0.717) is 31.6 Å². The summed E-state index contributed by atoms with van der Waals surface area (Å²) in [5, 5.41) is 9.99. The lowest BCUT2D eigenvalue weighted by Gasteiger charge is -2.28. The number of ether oxygens (including phenoxy) is 1. The molecule has 4 rings (SSSR count). The van der Waals surface area contributed by atoms with Crippen molar-refractivity contribution in [2.45, 2.75) is 45.4 Å². The number of aromatic nitrogens is 4. The second kappa shape index (κ2) is 5.34. The fourth-order valence-electron chi connectivity index (χ4n) is 3.76. The Balaban J connectivity index is 1.64. The number of carbonyl (C=O) groups is 1. The predicted octanol–water partition coefficient (Wildman–Crippen LogP) is 0.657. The van der Waals surface area contributed by atoms with Crippen molar-refractivity contribution in [3.05, 3.63) is 38.6 Å². The molecule has 2 N–H and O–H groups in total. The molecule has 0 unspecified atom stereocenters. The molecule has 0 spiro atoms. The molecule has 2 aromatic rings. The smallest absolute Gasteiger partial charge is 0.275 e. The number of amides is 1. The fraction of sp³-hybridized carbons (Fsp3) is 0.562. The maximum atomic E-state index is 13.0. The minimum atomic E-state index is -0.0897. The minimum absolute atomic E-state index is 0.0588. The van der Waals surface area contributed by atoms with E-state index in [-0.39, 0.29) is 23.7 Å². The summed E-state index contributed by atoms with van der Waals surface area (Å²) in [4.78, 5) is 26.6. The van der Waals surface area contributed by atoms with E-state index < -0.39 is 0 Å². The zero-order valence-corrected chi connectivity index (χ0v) is 14.0. The van der Waals surface area contributed by atoms with E-state index in [1.165, 1.54) is 0 Å². The summed E-state index contributed by atoms with van der Waals surface area (Å²) in [5.41, 5.74) is 3.92. The predicted molar refractivity (Wildman–Crippen MR) is 85.7 cm³/mol. The molecule has 2 atom stereocenters. The molecule has 24 heavy (non-hydrogen) atoms. The highest BCUT2D eigenvalue weighted by Crippen LogP contribution is 2.31. The number of carbonyl (C=O) groups excluding carboxylic acids is 1. The first-order valence-corrected chi connectivity index (χ1v) is 8.24. The molecule has 8 heteroatoms. The maximum absolute atomic E-state index is 13.0. The van der Waals surface area contributed by atoms with E-state index in [0.717, 1.165) is 22.5 Å². The molecule has 0 saturated carbocycles. The molecule has 4 heterocycles. The summed E-state index contributed by atoms with van der Waals surface area (Å²) >= 11 is 0. The Labute approximate surface area is 138 Å². The Hall–Kier alpha value is -2.35. The van der Waals surface area contributed by atoms with Gasteiger partial charge in [-0.05, 0) is 20.3 Å². The Kier molecular flexibility index (Phi) is 3.38. The van der Waals surface area contributed by atoms with Crippen LogP contribution in [-0.2, 0) is 31.2 Å². The van der Waals surface area contributed by atoms with E-state index in [9.17, 15) is 9.59 Å². The van der Waals surface area contributed by atoms with Crippen molar-refractivity contribution >= 4 is 5.91 Å². The average Bonchev–Trinajstić information content (AvgIpc) is 3.08. The number of hydrogen-bond acceptors (Lipinski definition) is 4. The Morgan fingerprint density at radius 2 is 2.12 bits per heavy atom. The van der Waals surface area contributed by atoms with Gasteiger partial charge in [-0.1, -0.05) is 0 Å². The molecular formula is C16H21N5O3.